The van der Waals surface area contributed by atoms with Crippen LogP contribution < -0.4 is 0 Å². The molecule has 2 rings (SSSR count). The molecule has 0 unspecified atom stereocenters. The van der Waals surface area contributed by atoms with Crippen molar-refractivity contribution in [1.82, 2.24) is 0 Å². The van der Waals surface area contributed by atoms with Gasteiger partial charge in [0.1, 0.15) is 0 Å². The van der Waals surface area contributed by atoms with Crippen molar-refractivity contribution in [3.8, 4) is 0 Å². The fraction of sp³-hybridized carbons (Fsp3) is 0.375. The fourth-order valence-electron chi connectivity index (χ4n) is 2.33. The van der Waals surface area contributed by atoms with Crippen molar-refractivity contribution in [3.05, 3.63) is 48.0 Å². The first kappa shape index (κ1) is 15.2. The summed E-state index contributed by atoms with van der Waals surface area (Å²) in [7, 11) is 0.732. The standard InChI is InChI=1S/C16H22O3Si/c1-4-12-19-20(17-2,18-3)13-15-10-7-9-14-8-5-6-11-16(14)15/h5-11H,4,12-13H2,1-3H3. The molecule has 0 aliphatic heterocycles. The highest BCUT2D eigenvalue weighted by molar-refractivity contribution is 6.60. The Morgan fingerprint density at radius 3 is 2.35 bits per heavy atom. The van der Waals surface area contributed by atoms with Gasteiger partial charge in [-0.2, -0.15) is 0 Å². The molecule has 0 saturated carbocycles. The minimum atomic E-state index is -2.62. The van der Waals surface area contributed by atoms with Crippen LogP contribution in [0.3, 0.4) is 0 Å². The van der Waals surface area contributed by atoms with Crippen LogP contribution in [0, 0.1) is 0 Å². The predicted molar refractivity (Wildman–Crippen MR) is 83.7 cm³/mol. The van der Waals surface area contributed by atoms with Gasteiger partial charge in [-0.15, -0.1) is 0 Å². The molecule has 0 aromatic heterocycles. The van der Waals surface area contributed by atoms with Gasteiger partial charge in [0.15, 0.2) is 0 Å². The first-order chi connectivity index (χ1) is 9.74. The van der Waals surface area contributed by atoms with Gasteiger partial charge in [-0.25, -0.2) is 0 Å². The summed E-state index contributed by atoms with van der Waals surface area (Å²) in [6.07, 6.45) is 0.955. The first-order valence-corrected chi connectivity index (χ1v) is 8.88. The Balaban J connectivity index is 2.33. The van der Waals surface area contributed by atoms with Gasteiger partial charge in [-0.1, -0.05) is 49.4 Å². The fourth-order valence-corrected chi connectivity index (χ4v) is 4.42. The van der Waals surface area contributed by atoms with E-state index >= 15 is 0 Å². The van der Waals surface area contributed by atoms with Crippen molar-refractivity contribution in [3.63, 3.8) is 0 Å². The van der Waals surface area contributed by atoms with E-state index in [9.17, 15) is 0 Å². The van der Waals surface area contributed by atoms with Crippen molar-refractivity contribution in [2.45, 2.75) is 19.4 Å². The van der Waals surface area contributed by atoms with Crippen molar-refractivity contribution < 1.29 is 13.3 Å². The lowest BCUT2D eigenvalue weighted by Crippen LogP contribution is -2.47. The summed E-state index contributed by atoms with van der Waals surface area (Å²) in [5, 5.41) is 2.47. The summed E-state index contributed by atoms with van der Waals surface area (Å²) >= 11 is 0. The molecule has 3 nitrogen and oxygen atoms in total. The van der Waals surface area contributed by atoms with Crippen LogP contribution in [0.15, 0.2) is 42.5 Å². The molecule has 2 aromatic rings. The van der Waals surface area contributed by atoms with Crippen molar-refractivity contribution in [1.29, 1.82) is 0 Å². The highest BCUT2D eigenvalue weighted by Gasteiger charge is 2.39. The lowest BCUT2D eigenvalue weighted by Gasteiger charge is -2.26. The zero-order valence-corrected chi connectivity index (χ0v) is 13.4. The molecule has 0 aliphatic rings. The van der Waals surface area contributed by atoms with Crippen molar-refractivity contribution in [2.75, 3.05) is 20.8 Å². The van der Waals surface area contributed by atoms with E-state index in [1.807, 2.05) is 0 Å². The van der Waals surface area contributed by atoms with Gasteiger partial charge in [0.25, 0.3) is 0 Å². The molecule has 2 aromatic carbocycles. The molecule has 0 fully saturated rings. The first-order valence-electron chi connectivity index (χ1n) is 6.95. The van der Waals surface area contributed by atoms with Crippen LogP contribution in [0.5, 0.6) is 0 Å². The number of hydrogen-bond acceptors (Lipinski definition) is 3. The maximum Gasteiger partial charge on any atom is 0.505 e. The molecule has 0 amide bonds. The smallest absolute Gasteiger partial charge is 0.377 e. The van der Waals surface area contributed by atoms with Gasteiger partial charge >= 0.3 is 8.80 Å². The monoisotopic (exact) mass is 290 g/mol. The zero-order valence-electron chi connectivity index (χ0n) is 12.4. The van der Waals surface area contributed by atoms with Crippen LogP contribution in [-0.4, -0.2) is 29.6 Å². The minimum absolute atomic E-state index is 0.665. The number of benzene rings is 2. The molecule has 0 bridgehead atoms. The highest BCUT2D eigenvalue weighted by Crippen LogP contribution is 2.23. The largest absolute Gasteiger partial charge is 0.505 e. The molecule has 0 atom stereocenters. The number of fused-ring (bicyclic) bond motifs is 1. The zero-order chi connectivity index (χ0) is 14.4. The molecular formula is C16H22O3Si. The van der Waals surface area contributed by atoms with Crippen LogP contribution in [0.4, 0.5) is 0 Å². The van der Waals surface area contributed by atoms with Gasteiger partial charge in [0.05, 0.1) is 0 Å². The molecule has 0 spiro atoms. The molecule has 0 saturated heterocycles. The van der Waals surface area contributed by atoms with E-state index in [1.54, 1.807) is 14.2 Å². The van der Waals surface area contributed by atoms with Crippen LogP contribution >= 0.6 is 0 Å². The molecule has 0 radical (unpaired) electrons. The average Bonchev–Trinajstić information content (AvgIpc) is 2.52. The van der Waals surface area contributed by atoms with Crippen LogP contribution in [0.1, 0.15) is 18.9 Å². The van der Waals surface area contributed by atoms with Crippen molar-refractivity contribution in [2.24, 2.45) is 0 Å². The number of rotatable bonds is 7. The molecule has 0 heterocycles. The summed E-state index contributed by atoms with van der Waals surface area (Å²) in [5.74, 6) is 0. The van der Waals surface area contributed by atoms with E-state index in [1.165, 1.54) is 16.3 Å². The maximum absolute atomic E-state index is 5.92. The maximum atomic E-state index is 5.92. The summed E-state index contributed by atoms with van der Waals surface area (Å²) in [5.41, 5.74) is 1.22. The predicted octanol–water partition coefficient (Wildman–Crippen LogP) is 3.58. The Labute approximate surface area is 121 Å². The normalized spacial score (nSPS) is 11.9. The highest BCUT2D eigenvalue weighted by atomic mass is 28.4. The Morgan fingerprint density at radius 1 is 0.950 bits per heavy atom. The lowest BCUT2D eigenvalue weighted by atomic mass is 10.1. The Kier molecular flexibility index (Phi) is 5.31. The third-order valence-electron chi connectivity index (χ3n) is 3.44. The van der Waals surface area contributed by atoms with Gasteiger partial charge in [0, 0.05) is 26.9 Å². The SMILES string of the molecule is CCCO[Si](Cc1cccc2ccccc12)(OC)OC. The topological polar surface area (TPSA) is 27.7 Å². The molecule has 0 N–H and O–H groups in total. The van der Waals surface area contributed by atoms with E-state index in [0.29, 0.717) is 12.7 Å². The van der Waals surface area contributed by atoms with Gasteiger partial charge in [-0.05, 0) is 22.8 Å². The van der Waals surface area contributed by atoms with E-state index < -0.39 is 8.80 Å². The summed E-state index contributed by atoms with van der Waals surface area (Å²) in [6.45, 7) is 2.75. The minimum Gasteiger partial charge on any atom is -0.377 e. The summed E-state index contributed by atoms with van der Waals surface area (Å²) < 4.78 is 17.2. The molecular weight excluding hydrogens is 268 g/mol. The van der Waals surface area contributed by atoms with Gasteiger partial charge < -0.3 is 13.3 Å². The second-order valence-electron chi connectivity index (χ2n) is 4.75. The molecule has 108 valence electrons. The molecule has 20 heavy (non-hydrogen) atoms. The second-order valence-corrected chi connectivity index (χ2v) is 7.58. The van der Waals surface area contributed by atoms with Gasteiger partial charge in [-0.3, -0.25) is 0 Å². The lowest BCUT2D eigenvalue weighted by molar-refractivity contribution is 0.0975. The molecule has 0 aliphatic carbocycles. The third-order valence-corrected chi connectivity index (χ3v) is 6.14. The van der Waals surface area contributed by atoms with E-state index in [-0.39, 0.29) is 0 Å². The Bertz CT molecular complexity index is 547. The van der Waals surface area contributed by atoms with E-state index in [4.69, 9.17) is 13.3 Å². The van der Waals surface area contributed by atoms with E-state index in [2.05, 4.69) is 49.4 Å². The van der Waals surface area contributed by atoms with Gasteiger partial charge in [0.2, 0.25) is 0 Å². The third kappa shape index (κ3) is 3.27. The van der Waals surface area contributed by atoms with E-state index in [0.717, 1.165) is 6.42 Å². The average molecular weight is 290 g/mol. The molecule has 4 heteroatoms. The summed E-state index contributed by atoms with van der Waals surface area (Å²) in [4.78, 5) is 0. The Hall–Kier alpha value is -1.20. The quantitative estimate of drug-likeness (QED) is 0.730. The Morgan fingerprint density at radius 2 is 1.65 bits per heavy atom. The van der Waals surface area contributed by atoms with Crippen LogP contribution in [0.25, 0.3) is 10.8 Å². The van der Waals surface area contributed by atoms with Crippen LogP contribution in [0.2, 0.25) is 0 Å². The van der Waals surface area contributed by atoms with Crippen molar-refractivity contribution >= 4 is 19.6 Å². The number of hydrogen-bond donors (Lipinski definition) is 0. The second kappa shape index (κ2) is 6.99. The summed E-state index contributed by atoms with van der Waals surface area (Å²) in [6, 6.07) is 15.4. The van der Waals surface area contributed by atoms with Crippen LogP contribution in [-0.2, 0) is 19.3 Å².